The lowest BCUT2D eigenvalue weighted by Crippen LogP contribution is -2.38. The monoisotopic (exact) mass is 283 g/mol. The molecule has 0 radical (unpaired) electrons. The van der Waals surface area contributed by atoms with E-state index in [2.05, 4.69) is 31.0 Å². The molecule has 0 aromatic heterocycles. The Balaban J connectivity index is 1.64. The van der Waals surface area contributed by atoms with Gasteiger partial charge in [0.05, 0.1) is 0 Å². The minimum absolute atomic E-state index is 0.617. The van der Waals surface area contributed by atoms with Gasteiger partial charge in [-0.05, 0) is 38.6 Å². The van der Waals surface area contributed by atoms with Crippen molar-refractivity contribution in [1.29, 1.82) is 0 Å². The molecule has 0 aliphatic carbocycles. The third kappa shape index (κ3) is 4.67. The van der Waals surface area contributed by atoms with Crippen LogP contribution in [-0.2, 0) is 0 Å². The lowest BCUT2D eigenvalue weighted by Gasteiger charge is -2.33. The van der Waals surface area contributed by atoms with E-state index < -0.39 is 0 Å². The summed E-state index contributed by atoms with van der Waals surface area (Å²) in [7, 11) is 0. The molecule has 0 saturated carbocycles. The van der Waals surface area contributed by atoms with E-state index in [1.807, 2.05) is 11.8 Å². The molecule has 2 heterocycles. The van der Waals surface area contributed by atoms with Gasteiger partial charge in [0, 0.05) is 30.9 Å². The zero-order valence-corrected chi connectivity index (χ0v) is 13.5. The fourth-order valence-corrected chi connectivity index (χ4v) is 4.03. The number of nitrogens with one attached hydrogen (secondary N) is 1. The van der Waals surface area contributed by atoms with E-state index in [0.29, 0.717) is 12.0 Å². The van der Waals surface area contributed by atoms with E-state index in [-0.39, 0.29) is 0 Å². The van der Waals surface area contributed by atoms with Crippen molar-refractivity contribution in [2.45, 2.75) is 58.5 Å². The summed E-state index contributed by atoms with van der Waals surface area (Å²) < 4.78 is 0. The molecule has 4 heteroatoms. The Morgan fingerprint density at radius 1 is 1.42 bits per heavy atom. The molecule has 2 rings (SSSR count). The predicted octanol–water partition coefficient (Wildman–Crippen LogP) is 2.97. The first kappa shape index (κ1) is 15.2. The topological polar surface area (TPSA) is 27.6 Å². The molecule has 0 amide bonds. The summed E-state index contributed by atoms with van der Waals surface area (Å²) in [5.74, 6) is 1.88. The molecule has 0 aromatic carbocycles. The first-order valence-electron chi connectivity index (χ1n) is 7.84. The van der Waals surface area contributed by atoms with Gasteiger partial charge in [-0.15, -0.1) is 0 Å². The molecular formula is C15H29N3S. The molecule has 0 bridgehead atoms. The van der Waals surface area contributed by atoms with Gasteiger partial charge in [-0.1, -0.05) is 32.0 Å². The summed E-state index contributed by atoms with van der Waals surface area (Å²) in [6, 6.07) is 1.40. The van der Waals surface area contributed by atoms with Crippen molar-refractivity contribution in [3.8, 4) is 0 Å². The van der Waals surface area contributed by atoms with Crippen molar-refractivity contribution in [3.05, 3.63) is 0 Å². The first-order chi connectivity index (χ1) is 9.16. The quantitative estimate of drug-likeness (QED) is 0.786. The van der Waals surface area contributed by atoms with Gasteiger partial charge in [-0.3, -0.25) is 4.99 Å². The Hall–Kier alpha value is -0.220. The lowest BCUT2D eigenvalue weighted by atomic mass is 10.0. The third-order valence-electron chi connectivity index (χ3n) is 4.31. The number of hydrogen-bond acceptors (Lipinski definition) is 3. The maximum absolute atomic E-state index is 4.71. The van der Waals surface area contributed by atoms with Crippen LogP contribution in [-0.4, -0.2) is 47.5 Å². The Kier molecular flexibility index (Phi) is 6.02. The second-order valence-electron chi connectivity index (χ2n) is 6.23. The fraction of sp³-hybridized carbons (Fsp3) is 0.933. The number of rotatable bonds is 5. The van der Waals surface area contributed by atoms with Crippen molar-refractivity contribution in [2.75, 3.05) is 25.4 Å². The second kappa shape index (κ2) is 7.53. The van der Waals surface area contributed by atoms with Crippen molar-refractivity contribution in [3.63, 3.8) is 0 Å². The Morgan fingerprint density at radius 2 is 2.26 bits per heavy atom. The average Bonchev–Trinajstić information content (AvgIpc) is 2.85. The van der Waals surface area contributed by atoms with Gasteiger partial charge in [-0.25, -0.2) is 0 Å². The molecule has 0 aromatic rings. The highest BCUT2D eigenvalue weighted by Crippen LogP contribution is 2.19. The van der Waals surface area contributed by atoms with Crippen LogP contribution < -0.4 is 5.32 Å². The van der Waals surface area contributed by atoms with Crippen LogP contribution in [0.15, 0.2) is 4.99 Å². The number of thioether (sulfide) groups is 1. The number of likely N-dealkylation sites (tertiary alicyclic amines) is 1. The smallest absolute Gasteiger partial charge is 0.156 e. The fourth-order valence-electron chi connectivity index (χ4n) is 2.81. The Morgan fingerprint density at radius 3 is 2.95 bits per heavy atom. The van der Waals surface area contributed by atoms with E-state index in [1.54, 1.807) is 0 Å². The van der Waals surface area contributed by atoms with Crippen LogP contribution in [0.5, 0.6) is 0 Å². The normalized spacial score (nSPS) is 31.1. The van der Waals surface area contributed by atoms with Crippen molar-refractivity contribution >= 4 is 16.9 Å². The zero-order valence-electron chi connectivity index (χ0n) is 12.7. The summed E-state index contributed by atoms with van der Waals surface area (Å²) >= 11 is 1.89. The summed E-state index contributed by atoms with van der Waals surface area (Å²) in [4.78, 5) is 7.34. The molecule has 19 heavy (non-hydrogen) atoms. The van der Waals surface area contributed by atoms with Crippen molar-refractivity contribution in [2.24, 2.45) is 10.9 Å². The van der Waals surface area contributed by atoms with E-state index >= 15 is 0 Å². The Bertz CT molecular complexity index is 304. The van der Waals surface area contributed by atoms with E-state index in [1.165, 1.54) is 49.7 Å². The van der Waals surface area contributed by atoms with E-state index in [9.17, 15) is 0 Å². The molecule has 2 aliphatic heterocycles. The molecular weight excluding hydrogens is 254 g/mol. The van der Waals surface area contributed by atoms with E-state index in [4.69, 9.17) is 4.99 Å². The predicted molar refractivity (Wildman–Crippen MR) is 86.0 cm³/mol. The molecule has 2 atom stereocenters. The van der Waals surface area contributed by atoms with Crippen molar-refractivity contribution in [1.82, 2.24) is 10.2 Å². The largest absolute Gasteiger partial charge is 0.361 e. The van der Waals surface area contributed by atoms with Crippen LogP contribution in [0.2, 0.25) is 0 Å². The zero-order chi connectivity index (χ0) is 13.7. The highest BCUT2D eigenvalue weighted by molar-refractivity contribution is 8.14. The SMILES string of the molecule is CC(C)[C@H]1CSC(=NCCCN2CCCCC2C)N1. The molecule has 0 spiro atoms. The molecule has 2 aliphatic rings. The number of aliphatic imine (C=N–C) groups is 1. The van der Waals surface area contributed by atoms with Gasteiger partial charge in [0.2, 0.25) is 0 Å². The van der Waals surface area contributed by atoms with Gasteiger partial charge in [-0.2, -0.15) is 0 Å². The maximum atomic E-state index is 4.71. The molecule has 3 nitrogen and oxygen atoms in total. The number of piperidine rings is 1. The minimum atomic E-state index is 0.617. The minimum Gasteiger partial charge on any atom is -0.361 e. The Labute approximate surface area is 122 Å². The van der Waals surface area contributed by atoms with Crippen LogP contribution >= 0.6 is 11.8 Å². The van der Waals surface area contributed by atoms with Crippen LogP contribution in [0.25, 0.3) is 0 Å². The molecule has 1 N–H and O–H groups in total. The van der Waals surface area contributed by atoms with Crippen LogP contribution in [0.1, 0.15) is 46.5 Å². The summed E-state index contributed by atoms with van der Waals surface area (Å²) in [6.45, 7) is 10.4. The lowest BCUT2D eigenvalue weighted by molar-refractivity contribution is 0.160. The van der Waals surface area contributed by atoms with Crippen molar-refractivity contribution < 1.29 is 0 Å². The maximum Gasteiger partial charge on any atom is 0.156 e. The van der Waals surface area contributed by atoms with Crippen LogP contribution in [0, 0.1) is 5.92 Å². The van der Waals surface area contributed by atoms with Crippen LogP contribution in [0.4, 0.5) is 0 Å². The molecule has 2 fully saturated rings. The van der Waals surface area contributed by atoms with Gasteiger partial charge < -0.3 is 10.2 Å². The summed E-state index contributed by atoms with van der Waals surface area (Å²) in [6.07, 6.45) is 5.37. The van der Waals surface area contributed by atoms with Gasteiger partial charge >= 0.3 is 0 Å². The number of hydrogen-bond donors (Lipinski definition) is 1. The standard InChI is InChI=1S/C15H29N3S/c1-12(2)14-11-19-15(17-14)16-8-6-10-18-9-5-4-7-13(18)3/h12-14H,4-11H2,1-3H3,(H,16,17)/t13?,14-/m1/s1. The van der Waals surface area contributed by atoms with Gasteiger partial charge in [0.15, 0.2) is 5.17 Å². The van der Waals surface area contributed by atoms with Crippen LogP contribution in [0.3, 0.4) is 0 Å². The molecule has 1 unspecified atom stereocenters. The number of nitrogens with zero attached hydrogens (tertiary/aromatic N) is 2. The summed E-state index contributed by atoms with van der Waals surface area (Å²) in [5.41, 5.74) is 0. The summed E-state index contributed by atoms with van der Waals surface area (Å²) in [5, 5.41) is 4.71. The number of amidine groups is 1. The molecule has 2 saturated heterocycles. The van der Waals surface area contributed by atoms with Gasteiger partial charge in [0.25, 0.3) is 0 Å². The third-order valence-corrected chi connectivity index (χ3v) is 5.36. The van der Waals surface area contributed by atoms with E-state index in [0.717, 1.165) is 12.6 Å². The highest BCUT2D eigenvalue weighted by Gasteiger charge is 2.22. The molecule has 110 valence electrons. The second-order valence-corrected chi connectivity index (χ2v) is 7.24. The first-order valence-corrected chi connectivity index (χ1v) is 8.83. The van der Waals surface area contributed by atoms with Gasteiger partial charge in [0.1, 0.15) is 0 Å². The average molecular weight is 283 g/mol. The highest BCUT2D eigenvalue weighted by atomic mass is 32.2.